The molecule has 7 nitrogen and oxygen atoms in total. The van der Waals surface area contributed by atoms with Crippen molar-refractivity contribution in [2.75, 3.05) is 11.5 Å². The number of benzene rings is 1. The molecule has 1 unspecified atom stereocenters. The van der Waals surface area contributed by atoms with Crippen molar-refractivity contribution in [2.24, 2.45) is 0 Å². The van der Waals surface area contributed by atoms with Crippen LogP contribution < -0.4 is 5.32 Å². The summed E-state index contributed by atoms with van der Waals surface area (Å²) < 4.78 is 24.7. The van der Waals surface area contributed by atoms with Gasteiger partial charge in [-0.3, -0.25) is 4.79 Å². The molecule has 1 N–H and O–H groups in total. The van der Waals surface area contributed by atoms with Crippen molar-refractivity contribution in [3.63, 3.8) is 0 Å². The molecule has 1 atom stereocenters. The molecule has 2 aliphatic rings. The van der Waals surface area contributed by atoms with Crippen LogP contribution in [0.15, 0.2) is 30.3 Å². The van der Waals surface area contributed by atoms with Crippen LogP contribution in [0.25, 0.3) is 5.69 Å². The molecule has 1 saturated carbocycles. The highest BCUT2D eigenvalue weighted by Crippen LogP contribution is 2.39. The van der Waals surface area contributed by atoms with Gasteiger partial charge in [-0.15, -0.1) is 5.10 Å². The largest absolute Gasteiger partial charge is 0.345 e. The summed E-state index contributed by atoms with van der Waals surface area (Å²) in [6.45, 7) is 0. The van der Waals surface area contributed by atoms with E-state index < -0.39 is 15.7 Å². The molecule has 0 bridgehead atoms. The van der Waals surface area contributed by atoms with E-state index in [9.17, 15) is 13.2 Å². The van der Waals surface area contributed by atoms with Gasteiger partial charge in [0.05, 0.1) is 17.2 Å². The van der Waals surface area contributed by atoms with Gasteiger partial charge in [0.1, 0.15) is 5.82 Å². The van der Waals surface area contributed by atoms with Crippen molar-refractivity contribution in [3.8, 4) is 5.69 Å². The van der Waals surface area contributed by atoms with E-state index in [-0.39, 0.29) is 23.4 Å². The summed E-state index contributed by atoms with van der Waals surface area (Å²) in [6, 6.07) is 9.24. The van der Waals surface area contributed by atoms with Crippen LogP contribution >= 0.6 is 0 Å². The lowest BCUT2D eigenvalue weighted by atomic mass is 10.2. The van der Waals surface area contributed by atoms with Gasteiger partial charge in [-0.05, 0) is 31.4 Å². The van der Waals surface area contributed by atoms with Gasteiger partial charge in [0.25, 0.3) is 5.91 Å². The van der Waals surface area contributed by atoms with Crippen LogP contribution in [0.1, 0.15) is 41.6 Å². The van der Waals surface area contributed by atoms with Gasteiger partial charge in [0.15, 0.2) is 9.84 Å². The molecule has 4 rings (SSSR count). The molecule has 1 aliphatic carbocycles. The molecule has 2 aromatic rings. The smallest absolute Gasteiger partial charge is 0.291 e. The summed E-state index contributed by atoms with van der Waals surface area (Å²) in [7, 11) is -3.03. The van der Waals surface area contributed by atoms with E-state index in [1.54, 1.807) is 4.68 Å². The SMILES string of the molecule is O=C(NC1CCS(=O)(=O)C1)c1nc(C2CC2)n(-c2ccccc2)n1. The van der Waals surface area contributed by atoms with Crippen molar-refractivity contribution in [3.05, 3.63) is 42.0 Å². The molecule has 0 spiro atoms. The number of carbonyl (C=O) groups is 1. The minimum atomic E-state index is -3.03. The first-order valence-corrected chi connectivity index (χ1v) is 9.88. The zero-order valence-corrected chi connectivity index (χ0v) is 13.9. The lowest BCUT2D eigenvalue weighted by Gasteiger charge is -2.08. The fraction of sp³-hybridized carbons (Fsp3) is 0.438. The number of amides is 1. The highest BCUT2D eigenvalue weighted by Gasteiger charge is 2.33. The number of nitrogens with zero attached hydrogens (tertiary/aromatic N) is 3. The number of para-hydroxylation sites is 1. The van der Waals surface area contributed by atoms with Crippen molar-refractivity contribution in [1.29, 1.82) is 0 Å². The molecule has 8 heteroatoms. The second kappa shape index (κ2) is 5.70. The number of aromatic nitrogens is 3. The Kier molecular flexibility index (Phi) is 3.64. The summed E-state index contributed by atoms with van der Waals surface area (Å²) in [5.74, 6) is 0.945. The molecule has 24 heavy (non-hydrogen) atoms. The van der Waals surface area contributed by atoms with Crippen LogP contribution in [0.4, 0.5) is 0 Å². The fourth-order valence-electron chi connectivity index (χ4n) is 2.94. The number of sulfone groups is 1. The molecule has 2 heterocycles. The zero-order valence-electron chi connectivity index (χ0n) is 13.1. The Labute approximate surface area is 140 Å². The Morgan fingerprint density at radius 3 is 2.54 bits per heavy atom. The molecule has 126 valence electrons. The zero-order chi connectivity index (χ0) is 16.7. The van der Waals surface area contributed by atoms with Crippen molar-refractivity contribution in [1.82, 2.24) is 20.1 Å². The molecule has 1 aromatic carbocycles. The minimum absolute atomic E-state index is 0.00633. The highest BCUT2D eigenvalue weighted by molar-refractivity contribution is 7.91. The first-order valence-electron chi connectivity index (χ1n) is 8.05. The van der Waals surface area contributed by atoms with Gasteiger partial charge in [0, 0.05) is 12.0 Å². The quantitative estimate of drug-likeness (QED) is 0.893. The maximum atomic E-state index is 12.4. The minimum Gasteiger partial charge on any atom is -0.345 e. The lowest BCUT2D eigenvalue weighted by molar-refractivity contribution is 0.0930. The van der Waals surface area contributed by atoms with Crippen molar-refractivity contribution >= 4 is 15.7 Å². The predicted molar refractivity (Wildman–Crippen MR) is 87.9 cm³/mol. The summed E-state index contributed by atoms with van der Waals surface area (Å²) in [5, 5.41) is 7.11. The number of hydrogen-bond donors (Lipinski definition) is 1. The summed E-state index contributed by atoms with van der Waals surface area (Å²) in [5.41, 5.74) is 0.870. The Morgan fingerprint density at radius 2 is 1.92 bits per heavy atom. The van der Waals surface area contributed by atoms with Crippen LogP contribution in [0.3, 0.4) is 0 Å². The van der Waals surface area contributed by atoms with Gasteiger partial charge < -0.3 is 5.32 Å². The Hall–Kier alpha value is -2.22. The van der Waals surface area contributed by atoms with E-state index in [0.717, 1.165) is 24.4 Å². The van der Waals surface area contributed by atoms with Gasteiger partial charge in [-0.25, -0.2) is 18.1 Å². The molecular weight excluding hydrogens is 328 g/mol. The van der Waals surface area contributed by atoms with E-state index in [0.29, 0.717) is 12.3 Å². The predicted octanol–water partition coefficient (Wildman–Crippen LogP) is 1.06. The van der Waals surface area contributed by atoms with Crippen molar-refractivity contribution < 1.29 is 13.2 Å². The van der Waals surface area contributed by atoms with E-state index in [1.165, 1.54) is 0 Å². The normalized spacial score (nSPS) is 22.4. The third kappa shape index (κ3) is 3.06. The highest BCUT2D eigenvalue weighted by atomic mass is 32.2. The van der Waals surface area contributed by atoms with E-state index in [1.807, 2.05) is 30.3 Å². The average molecular weight is 346 g/mol. The summed E-state index contributed by atoms with van der Waals surface area (Å²) in [6.07, 6.45) is 2.55. The fourth-order valence-corrected chi connectivity index (χ4v) is 4.62. The third-order valence-corrected chi connectivity index (χ3v) is 6.11. The van der Waals surface area contributed by atoms with Crippen LogP contribution in [0, 0.1) is 0 Å². The molecular formula is C16H18N4O3S. The van der Waals surface area contributed by atoms with E-state index in [4.69, 9.17) is 0 Å². The lowest BCUT2D eigenvalue weighted by Crippen LogP contribution is -2.36. The van der Waals surface area contributed by atoms with Crippen molar-refractivity contribution in [2.45, 2.75) is 31.2 Å². The summed E-state index contributed by atoms with van der Waals surface area (Å²) in [4.78, 5) is 16.8. The number of rotatable bonds is 4. The van der Waals surface area contributed by atoms with Gasteiger partial charge in [-0.1, -0.05) is 18.2 Å². The summed E-state index contributed by atoms with van der Waals surface area (Å²) >= 11 is 0. The number of nitrogens with one attached hydrogen (secondary N) is 1. The number of carbonyl (C=O) groups excluding carboxylic acids is 1. The van der Waals surface area contributed by atoms with Gasteiger partial charge in [-0.2, -0.15) is 0 Å². The van der Waals surface area contributed by atoms with Gasteiger partial charge >= 0.3 is 0 Å². The monoisotopic (exact) mass is 346 g/mol. The second-order valence-corrected chi connectivity index (χ2v) is 8.62. The van der Waals surface area contributed by atoms with Crippen LogP contribution in [-0.2, 0) is 9.84 Å². The maximum absolute atomic E-state index is 12.4. The Balaban J connectivity index is 1.58. The maximum Gasteiger partial charge on any atom is 0.291 e. The molecule has 2 fully saturated rings. The van der Waals surface area contributed by atoms with E-state index >= 15 is 0 Å². The third-order valence-electron chi connectivity index (χ3n) is 4.35. The molecule has 1 amide bonds. The average Bonchev–Trinajstić information content (AvgIpc) is 3.21. The molecule has 1 aliphatic heterocycles. The van der Waals surface area contributed by atoms with E-state index in [2.05, 4.69) is 15.4 Å². The molecule has 1 aromatic heterocycles. The first kappa shape index (κ1) is 15.3. The van der Waals surface area contributed by atoms with Crippen LogP contribution in [0.5, 0.6) is 0 Å². The first-order chi connectivity index (χ1) is 11.5. The topological polar surface area (TPSA) is 94.0 Å². The number of hydrogen-bond acceptors (Lipinski definition) is 5. The Morgan fingerprint density at radius 1 is 1.17 bits per heavy atom. The molecule has 1 saturated heterocycles. The van der Waals surface area contributed by atoms with Crippen LogP contribution in [0.2, 0.25) is 0 Å². The standard InChI is InChI=1S/C16H18N4O3S/c21-16(17-12-8-9-24(22,23)10-12)14-18-15(11-6-7-11)20(19-14)13-4-2-1-3-5-13/h1-5,11-12H,6-10H2,(H,17,21). The Bertz CT molecular complexity index is 872. The van der Waals surface area contributed by atoms with Gasteiger partial charge in [0.2, 0.25) is 5.82 Å². The second-order valence-electron chi connectivity index (χ2n) is 6.39. The van der Waals surface area contributed by atoms with Crippen LogP contribution in [-0.4, -0.2) is 46.6 Å². The molecule has 0 radical (unpaired) electrons.